The lowest BCUT2D eigenvalue weighted by Crippen LogP contribution is -2.47. The van der Waals surface area contributed by atoms with Crippen LogP contribution in [0.25, 0.3) is 0 Å². The summed E-state index contributed by atoms with van der Waals surface area (Å²) in [7, 11) is 0. The second-order valence-electron chi connectivity index (χ2n) is 7.04. The lowest BCUT2D eigenvalue weighted by molar-refractivity contribution is -0.163. The molecule has 4 atom stereocenters. The zero-order valence-electron chi connectivity index (χ0n) is 12.7. The molecular weight excluding hydrogens is 292 g/mol. The van der Waals surface area contributed by atoms with Gasteiger partial charge in [0.2, 0.25) is 5.12 Å². The summed E-state index contributed by atoms with van der Waals surface area (Å²) in [5, 5.41) is -0.335. The molecule has 0 aromatic heterocycles. The van der Waals surface area contributed by atoms with Crippen LogP contribution >= 0.6 is 11.8 Å². The molecule has 6 heteroatoms. The van der Waals surface area contributed by atoms with E-state index in [-0.39, 0.29) is 34.8 Å². The van der Waals surface area contributed by atoms with E-state index in [1.807, 2.05) is 20.8 Å². The van der Waals surface area contributed by atoms with Crippen molar-refractivity contribution in [2.45, 2.75) is 51.4 Å². The molecule has 3 fully saturated rings. The predicted molar refractivity (Wildman–Crippen MR) is 76.5 cm³/mol. The summed E-state index contributed by atoms with van der Waals surface area (Å²) in [5.41, 5.74) is -2.19. The predicted octanol–water partition coefficient (Wildman–Crippen LogP) is 1.93. The van der Waals surface area contributed by atoms with E-state index in [0.717, 1.165) is 11.8 Å². The summed E-state index contributed by atoms with van der Waals surface area (Å²) >= 11 is 1.11. The Hall–Kier alpha value is -1.04. The number of ether oxygens (including phenoxy) is 2. The van der Waals surface area contributed by atoms with Gasteiger partial charge >= 0.3 is 11.9 Å². The molecule has 2 saturated heterocycles. The molecule has 0 aromatic carbocycles. The highest BCUT2D eigenvalue weighted by Gasteiger charge is 2.75. The van der Waals surface area contributed by atoms with E-state index >= 15 is 0 Å². The van der Waals surface area contributed by atoms with Crippen molar-refractivity contribution in [3.63, 3.8) is 0 Å². The molecule has 0 aromatic rings. The van der Waals surface area contributed by atoms with Crippen LogP contribution in [0, 0.1) is 16.7 Å². The first-order chi connectivity index (χ1) is 9.66. The average Bonchev–Trinajstić information content (AvgIpc) is 2.88. The zero-order valence-corrected chi connectivity index (χ0v) is 13.5. The number of fused-ring (bicyclic) bond motifs is 2. The summed E-state index contributed by atoms with van der Waals surface area (Å²) in [6, 6.07) is 0. The summed E-state index contributed by atoms with van der Waals surface area (Å²) < 4.78 is 10.6. The Morgan fingerprint density at radius 3 is 2.33 bits per heavy atom. The minimum atomic E-state index is -1.06. The molecule has 2 bridgehead atoms. The van der Waals surface area contributed by atoms with Crippen molar-refractivity contribution in [1.82, 2.24) is 0 Å². The molecule has 0 spiro atoms. The quantitative estimate of drug-likeness (QED) is 0.726. The molecule has 0 amide bonds. The van der Waals surface area contributed by atoms with Crippen molar-refractivity contribution >= 4 is 28.8 Å². The maximum absolute atomic E-state index is 12.9. The van der Waals surface area contributed by atoms with Gasteiger partial charge in [0.15, 0.2) is 5.60 Å². The molecule has 5 nitrogen and oxygen atoms in total. The number of thioether (sulfide) groups is 1. The molecule has 116 valence electrons. The molecule has 0 radical (unpaired) electrons. The highest BCUT2D eigenvalue weighted by Crippen LogP contribution is 2.66. The van der Waals surface area contributed by atoms with Crippen LogP contribution in [-0.2, 0) is 23.9 Å². The third kappa shape index (κ3) is 1.62. The average molecular weight is 312 g/mol. The van der Waals surface area contributed by atoms with E-state index in [1.54, 1.807) is 6.92 Å². The lowest BCUT2D eigenvalue weighted by atomic mass is 9.67. The van der Waals surface area contributed by atoms with Crippen LogP contribution in [-0.4, -0.2) is 34.5 Å². The standard InChI is InChI=1S/C15H20O5S/c1-8-9(7-19-10(8)16)21-12(18)15-6-5-14(4,11(17)20-15)13(15,2)3/h8-9H,5-7H2,1-4H3/t8-,9-,14?,15?/m1/s1. The molecule has 2 aliphatic heterocycles. The Labute approximate surface area is 128 Å². The summed E-state index contributed by atoms with van der Waals surface area (Å²) in [6.07, 6.45) is 1.23. The van der Waals surface area contributed by atoms with Crippen molar-refractivity contribution in [2.24, 2.45) is 16.7 Å². The van der Waals surface area contributed by atoms with Gasteiger partial charge in [-0.1, -0.05) is 32.5 Å². The molecule has 1 aliphatic carbocycles. The largest absolute Gasteiger partial charge is 0.464 e. The number of hydrogen-bond acceptors (Lipinski definition) is 6. The Balaban J connectivity index is 1.85. The fourth-order valence-corrected chi connectivity index (χ4v) is 4.98. The fourth-order valence-electron chi connectivity index (χ4n) is 3.66. The van der Waals surface area contributed by atoms with Crippen LogP contribution in [0.5, 0.6) is 0 Å². The van der Waals surface area contributed by atoms with Gasteiger partial charge in [-0.15, -0.1) is 0 Å². The molecule has 1 saturated carbocycles. The third-order valence-corrected chi connectivity index (χ3v) is 7.38. The Morgan fingerprint density at radius 2 is 1.90 bits per heavy atom. The van der Waals surface area contributed by atoms with E-state index in [2.05, 4.69) is 0 Å². The van der Waals surface area contributed by atoms with Gasteiger partial charge in [-0.25, -0.2) is 0 Å². The summed E-state index contributed by atoms with van der Waals surface area (Å²) in [4.78, 5) is 36.5. The van der Waals surface area contributed by atoms with Crippen LogP contribution in [0.15, 0.2) is 0 Å². The molecule has 3 aliphatic rings. The number of carbonyl (C=O) groups excluding carboxylic acids is 3. The molecule has 2 unspecified atom stereocenters. The van der Waals surface area contributed by atoms with Crippen LogP contribution in [0.3, 0.4) is 0 Å². The van der Waals surface area contributed by atoms with Crippen molar-refractivity contribution in [3.8, 4) is 0 Å². The first-order valence-electron chi connectivity index (χ1n) is 7.27. The Kier molecular flexibility index (Phi) is 3.01. The second-order valence-corrected chi connectivity index (χ2v) is 8.25. The number of hydrogen-bond donors (Lipinski definition) is 0. The number of esters is 2. The Bertz CT molecular complexity index is 542. The van der Waals surface area contributed by atoms with Gasteiger partial charge in [0, 0.05) is 5.41 Å². The normalized spacial score (nSPS) is 43.8. The van der Waals surface area contributed by atoms with Gasteiger partial charge < -0.3 is 9.47 Å². The maximum atomic E-state index is 12.9. The maximum Gasteiger partial charge on any atom is 0.313 e. The van der Waals surface area contributed by atoms with E-state index in [9.17, 15) is 14.4 Å². The van der Waals surface area contributed by atoms with E-state index in [1.165, 1.54) is 0 Å². The Morgan fingerprint density at radius 1 is 1.24 bits per heavy atom. The van der Waals surface area contributed by atoms with Crippen molar-refractivity contribution in [1.29, 1.82) is 0 Å². The molecular formula is C15H20O5S. The number of rotatable bonds is 2. The summed E-state index contributed by atoms with van der Waals surface area (Å²) in [5.74, 6) is -0.848. The molecule has 0 N–H and O–H groups in total. The minimum absolute atomic E-state index is 0.141. The van der Waals surface area contributed by atoms with Crippen LogP contribution in [0.1, 0.15) is 40.5 Å². The van der Waals surface area contributed by atoms with Gasteiger partial charge in [0.25, 0.3) is 0 Å². The zero-order chi connectivity index (χ0) is 15.6. The van der Waals surface area contributed by atoms with E-state index in [0.29, 0.717) is 12.8 Å². The summed E-state index contributed by atoms with van der Waals surface area (Å²) in [6.45, 7) is 7.76. The van der Waals surface area contributed by atoms with Crippen molar-refractivity contribution < 1.29 is 23.9 Å². The topological polar surface area (TPSA) is 69.7 Å². The number of cyclic esters (lactones) is 1. The monoisotopic (exact) mass is 312 g/mol. The van der Waals surface area contributed by atoms with Crippen molar-refractivity contribution in [3.05, 3.63) is 0 Å². The molecule has 21 heavy (non-hydrogen) atoms. The van der Waals surface area contributed by atoms with Crippen molar-refractivity contribution in [2.75, 3.05) is 6.61 Å². The van der Waals surface area contributed by atoms with Gasteiger partial charge in [-0.3, -0.25) is 14.4 Å². The third-order valence-electron chi connectivity index (χ3n) is 5.99. The van der Waals surface area contributed by atoms with Crippen LogP contribution < -0.4 is 0 Å². The minimum Gasteiger partial charge on any atom is -0.464 e. The molecule has 2 heterocycles. The van der Waals surface area contributed by atoms with Crippen LogP contribution in [0.2, 0.25) is 0 Å². The highest BCUT2D eigenvalue weighted by molar-refractivity contribution is 8.14. The van der Waals surface area contributed by atoms with Gasteiger partial charge in [0.05, 0.1) is 16.6 Å². The lowest BCUT2D eigenvalue weighted by Gasteiger charge is -2.35. The SMILES string of the molecule is C[C@H]1C(=O)OC[C@H]1SC(=O)C12CCC(C)(C(=O)O1)C2(C)C. The van der Waals surface area contributed by atoms with E-state index < -0.39 is 16.4 Å². The molecule has 3 rings (SSSR count). The van der Waals surface area contributed by atoms with Crippen LogP contribution in [0.4, 0.5) is 0 Å². The van der Waals surface area contributed by atoms with Gasteiger partial charge in [-0.05, 0) is 19.8 Å². The van der Waals surface area contributed by atoms with E-state index in [4.69, 9.17) is 9.47 Å². The number of carbonyl (C=O) groups is 3. The highest BCUT2D eigenvalue weighted by atomic mass is 32.2. The first kappa shape index (κ1) is 14.9. The second kappa shape index (κ2) is 4.24. The fraction of sp³-hybridized carbons (Fsp3) is 0.800. The first-order valence-corrected chi connectivity index (χ1v) is 8.15. The van der Waals surface area contributed by atoms with Gasteiger partial charge in [-0.2, -0.15) is 0 Å². The van der Waals surface area contributed by atoms with Gasteiger partial charge in [0.1, 0.15) is 6.61 Å². The smallest absolute Gasteiger partial charge is 0.313 e.